The lowest BCUT2D eigenvalue weighted by atomic mass is 9.96. The Morgan fingerprint density at radius 1 is 1.21 bits per heavy atom. The molecule has 0 amide bonds. The first-order chi connectivity index (χ1) is 9.10. The molecule has 5 heteroatoms. The fraction of sp³-hybridized carbons (Fsp3) is 0.571. The van der Waals surface area contributed by atoms with Crippen LogP contribution in [0.2, 0.25) is 0 Å². The van der Waals surface area contributed by atoms with E-state index in [2.05, 4.69) is 4.72 Å². The maximum atomic E-state index is 12.5. The van der Waals surface area contributed by atoms with Gasteiger partial charge in [0, 0.05) is 12.6 Å². The Morgan fingerprint density at radius 3 is 2.63 bits per heavy atom. The van der Waals surface area contributed by atoms with E-state index in [0.717, 1.165) is 18.8 Å². The summed E-state index contributed by atoms with van der Waals surface area (Å²) >= 11 is 0. The zero-order valence-electron chi connectivity index (χ0n) is 10.9. The summed E-state index contributed by atoms with van der Waals surface area (Å²) in [5.41, 5.74) is 6.30. The van der Waals surface area contributed by atoms with Crippen LogP contribution in [0.25, 0.3) is 0 Å². The quantitative estimate of drug-likeness (QED) is 0.880. The summed E-state index contributed by atoms with van der Waals surface area (Å²) in [6.07, 6.45) is 4.61. The summed E-state index contributed by atoms with van der Waals surface area (Å²) in [4.78, 5) is 0.334. The molecule has 0 saturated heterocycles. The van der Waals surface area contributed by atoms with E-state index in [1.807, 2.05) is 6.07 Å². The van der Waals surface area contributed by atoms with Gasteiger partial charge in [0.1, 0.15) is 0 Å². The lowest BCUT2D eigenvalue weighted by Gasteiger charge is -2.23. The third-order valence-corrected chi connectivity index (χ3v) is 6.12. The third kappa shape index (κ3) is 2.42. The minimum Gasteiger partial charge on any atom is -0.326 e. The number of rotatable bonds is 4. The van der Waals surface area contributed by atoms with Gasteiger partial charge in [0.15, 0.2) is 0 Å². The smallest absolute Gasteiger partial charge is 0.241 e. The van der Waals surface area contributed by atoms with E-state index >= 15 is 0 Å². The second kappa shape index (κ2) is 4.89. The summed E-state index contributed by atoms with van der Waals surface area (Å²) in [7, 11) is -3.44. The first-order valence-electron chi connectivity index (χ1n) is 6.90. The zero-order chi connectivity index (χ0) is 13.5. The van der Waals surface area contributed by atoms with Crippen molar-refractivity contribution in [1.82, 2.24) is 4.72 Å². The van der Waals surface area contributed by atoms with Gasteiger partial charge in [-0.25, -0.2) is 13.1 Å². The van der Waals surface area contributed by atoms with Gasteiger partial charge in [0.25, 0.3) is 0 Å². The highest BCUT2D eigenvalue weighted by Crippen LogP contribution is 2.44. The van der Waals surface area contributed by atoms with E-state index in [-0.39, 0.29) is 12.6 Å². The number of hydrogen-bond acceptors (Lipinski definition) is 3. The maximum Gasteiger partial charge on any atom is 0.241 e. The van der Waals surface area contributed by atoms with Gasteiger partial charge in [-0.15, -0.1) is 0 Å². The van der Waals surface area contributed by atoms with Gasteiger partial charge < -0.3 is 5.73 Å². The molecule has 1 aromatic carbocycles. The van der Waals surface area contributed by atoms with Crippen molar-refractivity contribution in [3.8, 4) is 0 Å². The van der Waals surface area contributed by atoms with Crippen LogP contribution in [0, 0.1) is 11.8 Å². The third-order valence-electron chi connectivity index (χ3n) is 4.53. The maximum absolute atomic E-state index is 12.5. The van der Waals surface area contributed by atoms with Crippen molar-refractivity contribution >= 4 is 10.0 Å². The predicted octanol–water partition coefficient (Wildman–Crippen LogP) is 1.61. The second-order valence-corrected chi connectivity index (χ2v) is 7.40. The lowest BCUT2D eigenvalue weighted by molar-refractivity contribution is 0.390. The van der Waals surface area contributed by atoms with Crippen molar-refractivity contribution in [2.75, 3.05) is 0 Å². The van der Waals surface area contributed by atoms with E-state index in [1.165, 1.54) is 12.8 Å². The predicted molar refractivity (Wildman–Crippen MR) is 73.9 cm³/mol. The fourth-order valence-corrected chi connectivity index (χ4v) is 5.15. The molecule has 0 heterocycles. The first kappa shape index (κ1) is 13.1. The van der Waals surface area contributed by atoms with Gasteiger partial charge in [0.2, 0.25) is 10.0 Å². The van der Waals surface area contributed by atoms with Crippen LogP contribution in [0.3, 0.4) is 0 Å². The van der Waals surface area contributed by atoms with Crippen LogP contribution in [0.15, 0.2) is 29.2 Å². The Morgan fingerprint density at radius 2 is 2.00 bits per heavy atom. The van der Waals surface area contributed by atoms with Gasteiger partial charge in [-0.2, -0.15) is 0 Å². The fourth-order valence-electron chi connectivity index (χ4n) is 3.59. The Labute approximate surface area is 114 Å². The summed E-state index contributed by atoms with van der Waals surface area (Å²) in [5, 5.41) is 0. The van der Waals surface area contributed by atoms with E-state index in [1.54, 1.807) is 18.2 Å². The Kier molecular flexibility index (Phi) is 3.37. The molecule has 0 aromatic heterocycles. The Hall–Kier alpha value is -0.910. The molecule has 3 rings (SSSR count). The molecule has 2 fully saturated rings. The first-order valence-corrected chi connectivity index (χ1v) is 8.39. The highest BCUT2D eigenvalue weighted by atomic mass is 32.2. The molecule has 0 aliphatic heterocycles. The molecule has 104 valence electrons. The second-order valence-electron chi connectivity index (χ2n) is 5.71. The van der Waals surface area contributed by atoms with Gasteiger partial charge in [-0.3, -0.25) is 0 Å². The topological polar surface area (TPSA) is 72.2 Å². The molecule has 1 aromatic rings. The molecule has 3 unspecified atom stereocenters. The van der Waals surface area contributed by atoms with Crippen LogP contribution >= 0.6 is 0 Å². The summed E-state index contributed by atoms with van der Waals surface area (Å²) in [6, 6.07) is 7.09. The number of hydrogen-bond donors (Lipinski definition) is 2. The molecule has 19 heavy (non-hydrogen) atoms. The van der Waals surface area contributed by atoms with Gasteiger partial charge in [0.05, 0.1) is 4.90 Å². The highest BCUT2D eigenvalue weighted by molar-refractivity contribution is 7.89. The molecule has 2 saturated carbocycles. The van der Waals surface area contributed by atoms with Crippen molar-refractivity contribution in [1.29, 1.82) is 0 Å². The zero-order valence-corrected chi connectivity index (χ0v) is 11.7. The minimum absolute atomic E-state index is 0.120. The average molecular weight is 280 g/mol. The summed E-state index contributed by atoms with van der Waals surface area (Å²) < 4.78 is 27.8. The van der Waals surface area contributed by atoms with Crippen molar-refractivity contribution in [3.05, 3.63) is 29.8 Å². The van der Waals surface area contributed by atoms with Crippen LogP contribution < -0.4 is 10.5 Å². The molecule has 0 radical (unpaired) electrons. The van der Waals surface area contributed by atoms with Crippen LogP contribution in [0.4, 0.5) is 0 Å². The number of fused-ring (bicyclic) bond motifs is 2. The van der Waals surface area contributed by atoms with Crippen molar-refractivity contribution in [2.45, 2.75) is 43.2 Å². The van der Waals surface area contributed by atoms with Crippen molar-refractivity contribution in [3.63, 3.8) is 0 Å². The summed E-state index contributed by atoms with van der Waals surface area (Å²) in [6.45, 7) is 0.244. The summed E-state index contributed by atoms with van der Waals surface area (Å²) in [5.74, 6) is 1.26. The number of sulfonamides is 1. The van der Waals surface area contributed by atoms with Crippen LogP contribution in [0.1, 0.15) is 31.2 Å². The van der Waals surface area contributed by atoms with Crippen molar-refractivity contribution in [2.24, 2.45) is 17.6 Å². The Bertz CT molecular complexity index is 571. The molecule has 2 aliphatic rings. The molecule has 2 aliphatic carbocycles. The number of nitrogens with one attached hydrogen (secondary N) is 1. The standard InChI is InChI=1S/C14H20N2O2S/c15-9-12-3-1-2-4-14(12)19(17,18)16-13-8-10-5-6-11(13)7-10/h1-4,10-11,13,16H,5-9,15H2. The average Bonchev–Trinajstić information content (AvgIpc) is 3.00. The van der Waals surface area contributed by atoms with Crippen LogP contribution in [-0.2, 0) is 16.6 Å². The van der Waals surface area contributed by atoms with Gasteiger partial charge in [-0.1, -0.05) is 24.6 Å². The van der Waals surface area contributed by atoms with Crippen LogP contribution in [0.5, 0.6) is 0 Å². The van der Waals surface area contributed by atoms with Crippen molar-refractivity contribution < 1.29 is 8.42 Å². The molecule has 2 bridgehead atoms. The Balaban J connectivity index is 1.83. The monoisotopic (exact) mass is 280 g/mol. The molecular formula is C14H20N2O2S. The molecular weight excluding hydrogens is 260 g/mol. The minimum atomic E-state index is -3.44. The van der Waals surface area contributed by atoms with E-state index in [4.69, 9.17) is 5.73 Å². The van der Waals surface area contributed by atoms with Crippen LogP contribution in [-0.4, -0.2) is 14.5 Å². The highest BCUT2D eigenvalue weighted by Gasteiger charge is 2.41. The van der Waals surface area contributed by atoms with E-state index < -0.39 is 10.0 Å². The normalized spacial score (nSPS) is 29.8. The van der Waals surface area contributed by atoms with Gasteiger partial charge in [-0.05, 0) is 42.7 Å². The molecule has 0 spiro atoms. The molecule has 4 nitrogen and oxygen atoms in total. The van der Waals surface area contributed by atoms with Gasteiger partial charge >= 0.3 is 0 Å². The van der Waals surface area contributed by atoms with E-state index in [9.17, 15) is 8.42 Å². The molecule has 3 atom stereocenters. The largest absolute Gasteiger partial charge is 0.326 e. The van der Waals surface area contributed by atoms with E-state index in [0.29, 0.717) is 16.4 Å². The lowest BCUT2D eigenvalue weighted by Crippen LogP contribution is -2.38. The number of benzene rings is 1. The SMILES string of the molecule is NCc1ccccc1S(=O)(=O)NC1CC2CCC1C2. The molecule has 3 N–H and O–H groups in total. The number of nitrogens with two attached hydrogens (primary N) is 1.